The number of rotatable bonds is 10. The van der Waals surface area contributed by atoms with Gasteiger partial charge in [-0.15, -0.1) is 0 Å². The molecule has 3 aliphatic rings. The van der Waals surface area contributed by atoms with Crippen molar-refractivity contribution in [3.63, 3.8) is 0 Å². The van der Waals surface area contributed by atoms with Crippen molar-refractivity contribution in [2.45, 2.75) is 69.5 Å². The molecule has 15 heteroatoms. The second-order valence-corrected chi connectivity index (χ2v) is 17.8. The summed E-state index contributed by atoms with van der Waals surface area (Å²) in [4.78, 5) is 38.6. The Morgan fingerprint density at radius 2 is 1.45 bits per heavy atom. The van der Waals surface area contributed by atoms with Crippen LogP contribution < -0.4 is 14.8 Å². The summed E-state index contributed by atoms with van der Waals surface area (Å²) in [5, 5.41) is 4.10. The minimum absolute atomic E-state index is 0.0226. The number of carbonyl (C=O) groups excluding carboxylic acids is 2. The number of carbonyl (C=O) groups is 2. The fraction of sp³-hybridized carbons (Fsp3) is 0.475. The Kier molecular flexibility index (Phi) is 12.7. The van der Waals surface area contributed by atoms with E-state index >= 15 is 4.79 Å². The van der Waals surface area contributed by atoms with Crippen molar-refractivity contribution in [2.75, 3.05) is 59.5 Å². The number of sulfonamides is 1. The molecule has 0 saturated carbocycles. The zero-order valence-corrected chi connectivity index (χ0v) is 34.4. The molecule has 2 atom stereocenters. The van der Waals surface area contributed by atoms with Gasteiger partial charge in [-0.2, -0.15) is 4.31 Å². The molecule has 3 amide bonds. The Labute approximate surface area is 334 Å². The average Bonchev–Trinajstić information content (AvgIpc) is 3.55. The van der Waals surface area contributed by atoms with E-state index in [1.165, 1.54) is 11.4 Å². The molecule has 296 valence electrons. The second-order valence-electron chi connectivity index (χ2n) is 15.1. The first-order chi connectivity index (χ1) is 26.2. The largest absolute Gasteiger partial charge is 0.495 e. The van der Waals surface area contributed by atoms with Gasteiger partial charge in [0.1, 0.15) is 28.3 Å². The third-order valence-electron chi connectivity index (χ3n) is 9.96. The van der Waals surface area contributed by atoms with E-state index in [0.29, 0.717) is 60.6 Å². The van der Waals surface area contributed by atoms with Gasteiger partial charge < -0.3 is 19.7 Å². The van der Waals surface area contributed by atoms with Crippen LogP contribution in [-0.4, -0.2) is 110 Å². The topological polar surface area (TPSA) is 124 Å². The first kappa shape index (κ1) is 40.8. The number of amidine groups is 1. The lowest BCUT2D eigenvalue weighted by molar-refractivity contribution is -0.124. The number of urea groups is 1. The Balaban J connectivity index is 1.47. The molecule has 3 aromatic carbocycles. The number of piperidine rings is 1. The van der Waals surface area contributed by atoms with Crippen LogP contribution in [0.25, 0.3) is 0 Å². The van der Waals surface area contributed by atoms with Crippen molar-refractivity contribution < 1.29 is 27.5 Å². The van der Waals surface area contributed by atoms with Crippen LogP contribution in [0.3, 0.4) is 0 Å². The van der Waals surface area contributed by atoms with Crippen LogP contribution in [-0.2, 0) is 14.8 Å². The lowest BCUT2D eigenvalue weighted by Gasteiger charge is -2.39. The van der Waals surface area contributed by atoms with E-state index < -0.39 is 22.1 Å². The molecule has 2 fully saturated rings. The Morgan fingerprint density at radius 1 is 0.855 bits per heavy atom. The van der Waals surface area contributed by atoms with Crippen LogP contribution in [0.4, 0.5) is 4.79 Å². The normalized spacial score (nSPS) is 19.9. The molecule has 1 N–H and O–H groups in total. The number of hydrogen-bond acceptors (Lipinski definition) is 8. The minimum Gasteiger partial charge on any atom is -0.495 e. The summed E-state index contributed by atoms with van der Waals surface area (Å²) in [5.74, 6) is 0.658. The highest BCUT2D eigenvalue weighted by atomic mass is 35.5. The summed E-state index contributed by atoms with van der Waals surface area (Å²) in [7, 11) is -2.57. The van der Waals surface area contributed by atoms with Crippen LogP contribution in [0, 0.1) is 0 Å². The van der Waals surface area contributed by atoms with Crippen LogP contribution in [0.5, 0.6) is 11.5 Å². The van der Waals surface area contributed by atoms with Gasteiger partial charge in [0.05, 0.1) is 31.9 Å². The summed E-state index contributed by atoms with van der Waals surface area (Å²) < 4.78 is 42.0. The number of halogens is 2. The molecular weight excluding hydrogens is 763 g/mol. The van der Waals surface area contributed by atoms with Crippen LogP contribution in [0.15, 0.2) is 70.6 Å². The van der Waals surface area contributed by atoms with Gasteiger partial charge in [0.15, 0.2) is 0 Å². The number of hydrogen-bond donors (Lipinski definition) is 1. The summed E-state index contributed by atoms with van der Waals surface area (Å²) in [5.41, 5.74) is 1.58. The van der Waals surface area contributed by atoms with Gasteiger partial charge >= 0.3 is 6.03 Å². The van der Waals surface area contributed by atoms with Gasteiger partial charge in [0.2, 0.25) is 15.9 Å². The van der Waals surface area contributed by atoms with Crippen molar-refractivity contribution in [1.29, 1.82) is 0 Å². The molecule has 0 aromatic heterocycles. The maximum Gasteiger partial charge on any atom is 0.326 e. The van der Waals surface area contributed by atoms with Crippen LogP contribution in [0.1, 0.15) is 75.7 Å². The highest BCUT2D eigenvalue weighted by Crippen LogP contribution is 2.47. The highest BCUT2D eigenvalue weighted by Gasteiger charge is 2.46. The molecule has 0 spiro atoms. The molecule has 0 radical (unpaired) electrons. The number of benzene rings is 3. The Morgan fingerprint density at radius 3 is 2.02 bits per heavy atom. The first-order valence-electron chi connectivity index (χ1n) is 18.8. The highest BCUT2D eigenvalue weighted by molar-refractivity contribution is 7.89. The number of piperazine rings is 1. The summed E-state index contributed by atoms with van der Waals surface area (Å²) in [6, 6.07) is 16.2. The molecule has 2 saturated heterocycles. The van der Waals surface area contributed by atoms with E-state index in [-0.39, 0.29) is 47.1 Å². The Bertz CT molecular complexity index is 1990. The van der Waals surface area contributed by atoms with E-state index in [9.17, 15) is 13.2 Å². The first-order valence-corrected chi connectivity index (χ1v) is 21.0. The van der Waals surface area contributed by atoms with Gasteiger partial charge in [-0.3, -0.25) is 19.6 Å². The quantitative estimate of drug-likeness (QED) is 0.240. The molecule has 3 heterocycles. The van der Waals surface area contributed by atoms with E-state index in [2.05, 4.69) is 5.32 Å². The van der Waals surface area contributed by atoms with Crippen LogP contribution in [0.2, 0.25) is 10.0 Å². The van der Waals surface area contributed by atoms with Crippen LogP contribution >= 0.6 is 23.2 Å². The number of aliphatic imine (C=N–C) groups is 1. The summed E-state index contributed by atoms with van der Waals surface area (Å²) in [6.45, 7) is 10.6. The lowest BCUT2D eigenvalue weighted by Crippen LogP contribution is -2.56. The maximum atomic E-state index is 15.1. The molecule has 3 aliphatic heterocycles. The zero-order valence-electron chi connectivity index (χ0n) is 32.1. The number of ether oxygens (including phenoxy) is 2. The van der Waals surface area contributed by atoms with Crippen molar-refractivity contribution >= 4 is 51.0 Å². The molecule has 0 unspecified atom stereocenters. The lowest BCUT2D eigenvalue weighted by atomic mass is 9.93. The third-order valence-corrected chi connectivity index (χ3v) is 12.4. The predicted molar refractivity (Wildman–Crippen MR) is 215 cm³/mol. The number of nitrogens with zero attached hydrogens (tertiary/aromatic N) is 5. The van der Waals surface area contributed by atoms with Crippen molar-refractivity contribution in [1.82, 2.24) is 24.3 Å². The predicted octanol–water partition coefficient (Wildman–Crippen LogP) is 6.77. The molecule has 0 bridgehead atoms. The van der Waals surface area contributed by atoms with E-state index in [1.54, 1.807) is 46.2 Å². The molecular formula is C40H50Cl2N6O6S. The number of amides is 3. The second kappa shape index (κ2) is 17.1. The third kappa shape index (κ3) is 9.23. The van der Waals surface area contributed by atoms with Gasteiger partial charge in [-0.05, 0) is 82.0 Å². The van der Waals surface area contributed by atoms with E-state index in [4.69, 9.17) is 37.7 Å². The Hall–Kier alpha value is -3.88. The van der Waals surface area contributed by atoms with Gasteiger partial charge in [0.25, 0.3) is 0 Å². The van der Waals surface area contributed by atoms with Gasteiger partial charge in [0, 0.05) is 60.9 Å². The monoisotopic (exact) mass is 812 g/mol. The molecule has 55 heavy (non-hydrogen) atoms. The van der Waals surface area contributed by atoms with Gasteiger partial charge in [-0.1, -0.05) is 53.9 Å². The minimum atomic E-state index is -4.00. The van der Waals surface area contributed by atoms with Crippen molar-refractivity contribution in [3.8, 4) is 11.5 Å². The maximum absolute atomic E-state index is 15.1. The average molecular weight is 814 g/mol. The molecule has 3 aromatic rings. The van der Waals surface area contributed by atoms with Crippen molar-refractivity contribution in [2.24, 2.45) is 4.99 Å². The molecule has 0 aliphatic carbocycles. The fourth-order valence-electron chi connectivity index (χ4n) is 7.36. The number of methoxy groups -OCH3 is 1. The fourth-order valence-corrected chi connectivity index (χ4v) is 9.29. The summed E-state index contributed by atoms with van der Waals surface area (Å²) >= 11 is 12.7. The molecule has 6 rings (SSSR count). The molecule has 12 nitrogen and oxygen atoms in total. The van der Waals surface area contributed by atoms with E-state index in [0.717, 1.165) is 30.4 Å². The number of nitrogens with one attached hydrogen (secondary N) is 1. The SMILES string of the molecule is CCOc1cc(OC)c(S(=O)(=O)N2CCCCC2)cc1C1=N[C@@H](c2ccc(Cl)cc2)[C@@H](c2ccc(Cl)cc2)N1C(=O)N1CCN(CC(=O)NC(C)(C)C)CC1. The zero-order chi connectivity index (χ0) is 39.5. The van der Waals surface area contributed by atoms with E-state index in [1.807, 2.05) is 56.9 Å². The summed E-state index contributed by atoms with van der Waals surface area (Å²) in [6.07, 6.45) is 2.49. The van der Waals surface area contributed by atoms with Crippen molar-refractivity contribution in [3.05, 3.63) is 87.4 Å². The van der Waals surface area contributed by atoms with Gasteiger partial charge in [-0.25, -0.2) is 13.2 Å². The smallest absolute Gasteiger partial charge is 0.326 e. The standard InChI is InChI=1S/C40H50Cl2N6O6S/c1-6-54-32-25-33(53-5)34(55(51,52)47-18-8-7-9-19-47)24-31(32)38-43-36(27-10-14-29(41)15-11-27)37(28-12-16-30(42)17-13-28)48(38)39(50)46-22-20-45(21-23-46)26-35(49)44-40(2,3)4/h10-17,24-25,36-37H,6-9,18-23,26H2,1-5H3,(H,44,49)/t36-,37+/m0/s1.